The largest absolute Gasteiger partial charge is 0.347 e. The van der Waals surface area contributed by atoms with E-state index >= 15 is 0 Å². The van der Waals surface area contributed by atoms with E-state index in [2.05, 4.69) is 10.3 Å². The van der Waals surface area contributed by atoms with Crippen LogP contribution in [0.2, 0.25) is 0 Å². The van der Waals surface area contributed by atoms with Crippen molar-refractivity contribution in [2.24, 2.45) is 5.92 Å². The minimum atomic E-state index is -0.536. The molecule has 0 bridgehead atoms. The zero-order chi connectivity index (χ0) is 15.6. The van der Waals surface area contributed by atoms with Crippen LogP contribution in [-0.2, 0) is 16.0 Å². The molecule has 1 aromatic heterocycles. The van der Waals surface area contributed by atoms with Crippen LogP contribution in [0.25, 0.3) is 0 Å². The molecule has 1 unspecified atom stereocenters. The minimum absolute atomic E-state index is 0.0286. The number of amides is 2. The van der Waals surface area contributed by atoms with Crippen molar-refractivity contribution >= 4 is 17.4 Å². The maximum atomic E-state index is 12.4. The van der Waals surface area contributed by atoms with Gasteiger partial charge in [0.2, 0.25) is 0 Å². The smallest absolute Gasteiger partial charge is 0.317 e. The molecule has 122 valence electrons. The summed E-state index contributed by atoms with van der Waals surface area (Å²) in [6.45, 7) is 7.19. The second kappa shape index (κ2) is 6.52. The van der Waals surface area contributed by atoms with E-state index in [1.807, 2.05) is 24.1 Å². The van der Waals surface area contributed by atoms with E-state index in [0.29, 0.717) is 26.3 Å². The van der Waals surface area contributed by atoms with Crippen LogP contribution in [0.5, 0.6) is 0 Å². The summed E-state index contributed by atoms with van der Waals surface area (Å²) in [5.74, 6) is -0.303. The maximum absolute atomic E-state index is 12.4. The fraction of sp³-hybridized carbons (Fsp3) is 0.733. The van der Waals surface area contributed by atoms with Gasteiger partial charge in [0.05, 0.1) is 19.8 Å². The van der Waals surface area contributed by atoms with E-state index < -0.39 is 5.79 Å². The van der Waals surface area contributed by atoms with Crippen molar-refractivity contribution in [3.63, 3.8) is 0 Å². The van der Waals surface area contributed by atoms with Gasteiger partial charge in [0.1, 0.15) is 5.01 Å². The summed E-state index contributed by atoms with van der Waals surface area (Å²) in [5.41, 5.74) is 0.996. The van der Waals surface area contributed by atoms with Gasteiger partial charge in [0.25, 0.3) is 0 Å². The standard InChI is InChI=1S/C15H23N3O3S/c1-11-10-22-13(17-11)8-16-14(19)18-5-3-4-12(9-18)15(2)20-6-7-21-15/h10,12H,3-9H2,1-2H3,(H,16,19). The average Bonchev–Trinajstić information content (AvgIpc) is 3.14. The normalized spacial score (nSPS) is 24.5. The first-order chi connectivity index (χ1) is 10.6. The Balaban J connectivity index is 1.53. The number of rotatable bonds is 3. The molecule has 7 heteroatoms. The first-order valence-corrected chi connectivity index (χ1v) is 8.66. The zero-order valence-electron chi connectivity index (χ0n) is 13.1. The number of ether oxygens (including phenoxy) is 2. The number of aromatic nitrogens is 1. The van der Waals surface area contributed by atoms with Gasteiger partial charge in [-0.1, -0.05) is 0 Å². The lowest BCUT2D eigenvalue weighted by atomic mass is 9.90. The molecule has 2 aliphatic rings. The summed E-state index contributed by atoms with van der Waals surface area (Å²) in [5, 5.41) is 5.89. The van der Waals surface area contributed by atoms with Gasteiger partial charge >= 0.3 is 6.03 Å². The molecule has 0 saturated carbocycles. The zero-order valence-corrected chi connectivity index (χ0v) is 13.9. The van der Waals surface area contributed by atoms with Crippen LogP contribution in [0.15, 0.2) is 5.38 Å². The van der Waals surface area contributed by atoms with E-state index in [4.69, 9.17) is 9.47 Å². The molecular formula is C15H23N3O3S. The van der Waals surface area contributed by atoms with Gasteiger partial charge in [-0.3, -0.25) is 0 Å². The Hall–Kier alpha value is -1.18. The van der Waals surface area contributed by atoms with Crippen LogP contribution in [0, 0.1) is 12.8 Å². The molecule has 1 aromatic rings. The van der Waals surface area contributed by atoms with Crippen LogP contribution in [0.3, 0.4) is 0 Å². The van der Waals surface area contributed by atoms with Gasteiger partial charge < -0.3 is 19.7 Å². The lowest BCUT2D eigenvalue weighted by Gasteiger charge is -2.39. The predicted molar refractivity (Wildman–Crippen MR) is 83.7 cm³/mol. The van der Waals surface area contributed by atoms with Gasteiger partial charge in [0.15, 0.2) is 5.79 Å². The predicted octanol–water partition coefficient (Wildman–Crippen LogP) is 2.14. The molecule has 2 saturated heterocycles. The van der Waals surface area contributed by atoms with Crippen molar-refractivity contribution in [3.05, 3.63) is 16.1 Å². The Labute approximate surface area is 134 Å². The number of urea groups is 1. The van der Waals surface area contributed by atoms with Gasteiger partial charge in [-0.2, -0.15) is 0 Å². The van der Waals surface area contributed by atoms with Crippen molar-refractivity contribution in [1.82, 2.24) is 15.2 Å². The number of hydrogen-bond acceptors (Lipinski definition) is 5. The number of carbonyl (C=O) groups is 1. The van der Waals surface area contributed by atoms with Crippen LogP contribution in [-0.4, -0.2) is 48.0 Å². The van der Waals surface area contributed by atoms with E-state index in [-0.39, 0.29) is 11.9 Å². The SMILES string of the molecule is Cc1csc(CNC(=O)N2CCCC(C3(C)OCCO3)C2)n1. The number of thiazole rings is 1. The number of carbonyl (C=O) groups excluding carboxylic acids is 1. The fourth-order valence-electron chi connectivity index (χ4n) is 3.10. The molecule has 2 amide bonds. The number of piperidine rings is 1. The molecule has 6 nitrogen and oxygen atoms in total. The third kappa shape index (κ3) is 3.42. The van der Waals surface area contributed by atoms with Crippen LogP contribution < -0.4 is 5.32 Å². The second-order valence-corrected chi connectivity index (χ2v) is 6.98. The highest BCUT2D eigenvalue weighted by atomic mass is 32.1. The van der Waals surface area contributed by atoms with Gasteiger partial charge in [0, 0.05) is 30.1 Å². The molecule has 0 spiro atoms. The maximum Gasteiger partial charge on any atom is 0.317 e. The average molecular weight is 325 g/mol. The number of aryl methyl sites for hydroxylation is 1. The van der Waals surface area contributed by atoms with Crippen LogP contribution >= 0.6 is 11.3 Å². The van der Waals surface area contributed by atoms with Gasteiger partial charge in [-0.05, 0) is 26.7 Å². The number of likely N-dealkylation sites (tertiary alicyclic amines) is 1. The molecule has 1 atom stereocenters. The Kier molecular flexibility index (Phi) is 4.65. The van der Waals surface area contributed by atoms with Crippen LogP contribution in [0.1, 0.15) is 30.5 Å². The molecule has 0 radical (unpaired) electrons. The molecule has 2 aliphatic heterocycles. The van der Waals surface area contributed by atoms with Gasteiger partial charge in [-0.15, -0.1) is 11.3 Å². The van der Waals surface area contributed by atoms with Crippen molar-refractivity contribution in [1.29, 1.82) is 0 Å². The molecule has 3 heterocycles. The number of hydrogen-bond donors (Lipinski definition) is 1. The number of nitrogens with one attached hydrogen (secondary N) is 1. The molecule has 3 rings (SSSR count). The Morgan fingerprint density at radius 1 is 1.55 bits per heavy atom. The second-order valence-electron chi connectivity index (χ2n) is 6.04. The third-order valence-electron chi connectivity index (χ3n) is 4.37. The summed E-state index contributed by atoms with van der Waals surface area (Å²) < 4.78 is 11.5. The topological polar surface area (TPSA) is 63.7 Å². The highest BCUT2D eigenvalue weighted by Crippen LogP contribution is 2.34. The molecule has 2 fully saturated rings. The highest BCUT2D eigenvalue weighted by molar-refractivity contribution is 7.09. The Morgan fingerprint density at radius 2 is 2.32 bits per heavy atom. The monoisotopic (exact) mass is 325 g/mol. The lowest BCUT2D eigenvalue weighted by Crippen LogP contribution is -2.51. The quantitative estimate of drug-likeness (QED) is 0.925. The minimum Gasteiger partial charge on any atom is -0.347 e. The molecule has 22 heavy (non-hydrogen) atoms. The van der Waals surface area contributed by atoms with Crippen molar-refractivity contribution in [3.8, 4) is 0 Å². The lowest BCUT2D eigenvalue weighted by molar-refractivity contribution is -0.189. The van der Waals surface area contributed by atoms with Crippen LogP contribution in [0.4, 0.5) is 4.79 Å². The molecule has 0 aromatic carbocycles. The summed E-state index contributed by atoms with van der Waals surface area (Å²) in [6.07, 6.45) is 2.02. The molecular weight excluding hydrogens is 302 g/mol. The number of nitrogens with zero attached hydrogens (tertiary/aromatic N) is 2. The summed E-state index contributed by atoms with van der Waals surface area (Å²) >= 11 is 1.57. The highest BCUT2D eigenvalue weighted by Gasteiger charge is 2.42. The van der Waals surface area contributed by atoms with E-state index in [9.17, 15) is 4.79 Å². The summed E-state index contributed by atoms with van der Waals surface area (Å²) in [6, 6.07) is -0.0286. The molecule has 0 aliphatic carbocycles. The van der Waals surface area contributed by atoms with Crippen molar-refractivity contribution in [2.75, 3.05) is 26.3 Å². The van der Waals surface area contributed by atoms with Crippen molar-refractivity contribution < 1.29 is 14.3 Å². The van der Waals surface area contributed by atoms with E-state index in [0.717, 1.165) is 30.1 Å². The van der Waals surface area contributed by atoms with Gasteiger partial charge in [-0.25, -0.2) is 9.78 Å². The Bertz CT molecular complexity index is 528. The first kappa shape index (κ1) is 15.7. The summed E-state index contributed by atoms with van der Waals surface area (Å²) in [4.78, 5) is 18.6. The Morgan fingerprint density at radius 3 is 3.00 bits per heavy atom. The third-order valence-corrected chi connectivity index (χ3v) is 5.33. The molecule has 1 N–H and O–H groups in total. The first-order valence-electron chi connectivity index (χ1n) is 7.78. The fourth-order valence-corrected chi connectivity index (χ4v) is 3.81. The van der Waals surface area contributed by atoms with E-state index in [1.165, 1.54) is 0 Å². The summed E-state index contributed by atoms with van der Waals surface area (Å²) in [7, 11) is 0. The van der Waals surface area contributed by atoms with Crippen molar-refractivity contribution in [2.45, 2.75) is 39.0 Å². The van der Waals surface area contributed by atoms with E-state index in [1.54, 1.807) is 11.3 Å².